The Morgan fingerprint density at radius 2 is 2.04 bits per heavy atom. The summed E-state index contributed by atoms with van der Waals surface area (Å²) in [5.41, 5.74) is 2.81. The van der Waals surface area contributed by atoms with Crippen molar-refractivity contribution in [2.75, 3.05) is 13.7 Å². The van der Waals surface area contributed by atoms with Crippen LogP contribution in [0.15, 0.2) is 18.2 Å². The highest BCUT2D eigenvalue weighted by atomic mass is 16.5. The molecule has 0 radical (unpaired) electrons. The number of benzene rings is 1. The Hall–Kier alpha value is -1.06. The number of fused-ring (bicyclic) bond motifs is 5. The predicted molar refractivity (Wildman–Crippen MR) is 89.6 cm³/mol. The first-order valence-electron chi connectivity index (χ1n) is 9.04. The number of phenolic OH excluding ortho intramolecular Hbond substituents is 1. The average molecular weight is 316 g/mol. The minimum absolute atomic E-state index is 0.104. The van der Waals surface area contributed by atoms with E-state index in [1.165, 1.54) is 11.1 Å². The maximum atomic E-state index is 10.5. The zero-order chi connectivity index (χ0) is 16.2. The molecule has 0 spiro atoms. The molecule has 2 fully saturated rings. The second kappa shape index (κ2) is 5.49. The molecular formula is C20H28O3. The normalized spacial score (nSPS) is 42.0. The molecule has 126 valence electrons. The van der Waals surface area contributed by atoms with E-state index in [2.05, 4.69) is 13.0 Å². The van der Waals surface area contributed by atoms with Crippen molar-refractivity contribution in [2.24, 2.45) is 17.3 Å². The van der Waals surface area contributed by atoms with Crippen LogP contribution in [0.5, 0.6) is 5.75 Å². The quantitative estimate of drug-likeness (QED) is 0.872. The van der Waals surface area contributed by atoms with Crippen LogP contribution in [-0.4, -0.2) is 30.0 Å². The number of methoxy groups -OCH3 is 1. The van der Waals surface area contributed by atoms with Crippen molar-refractivity contribution in [3.8, 4) is 5.75 Å². The summed E-state index contributed by atoms with van der Waals surface area (Å²) in [4.78, 5) is 0. The molecule has 0 saturated heterocycles. The van der Waals surface area contributed by atoms with Crippen molar-refractivity contribution in [1.82, 2.24) is 0 Å². The third kappa shape index (κ3) is 2.24. The summed E-state index contributed by atoms with van der Waals surface area (Å²) in [6, 6.07) is 5.92. The third-order valence-corrected chi connectivity index (χ3v) is 7.22. The van der Waals surface area contributed by atoms with Crippen molar-refractivity contribution in [1.29, 1.82) is 0 Å². The third-order valence-electron chi connectivity index (χ3n) is 7.22. The molecule has 0 amide bonds. The van der Waals surface area contributed by atoms with E-state index in [1.54, 1.807) is 7.11 Å². The summed E-state index contributed by atoms with van der Waals surface area (Å²) in [5.74, 6) is 2.58. The topological polar surface area (TPSA) is 49.7 Å². The standard InChI is InChI=1S/C20H28O3/c1-20-8-7-15-14-4-3-13(21)10-16(14)12(11-23-2)9-17(15)18(20)5-6-19(20)22/h3-4,10,12,15,17-19,21-22H,5-9,11H2,1-2H3/t12?,15-,17-,18+,19?,20+/m1/s1. The summed E-state index contributed by atoms with van der Waals surface area (Å²) in [7, 11) is 1.76. The summed E-state index contributed by atoms with van der Waals surface area (Å²) < 4.78 is 5.48. The summed E-state index contributed by atoms with van der Waals surface area (Å²) >= 11 is 0. The predicted octanol–water partition coefficient (Wildman–Crippen LogP) is 3.80. The van der Waals surface area contributed by atoms with E-state index in [4.69, 9.17) is 4.74 Å². The van der Waals surface area contributed by atoms with Gasteiger partial charge in [0.1, 0.15) is 5.75 Å². The summed E-state index contributed by atoms with van der Waals surface area (Å²) in [6.07, 6.45) is 5.40. The first-order valence-corrected chi connectivity index (χ1v) is 9.04. The number of aliphatic hydroxyl groups is 1. The van der Waals surface area contributed by atoms with E-state index in [0.29, 0.717) is 36.0 Å². The molecule has 6 atom stereocenters. The number of hydrogen-bond acceptors (Lipinski definition) is 3. The summed E-state index contributed by atoms with van der Waals surface area (Å²) in [6.45, 7) is 3.02. The van der Waals surface area contributed by atoms with Crippen molar-refractivity contribution >= 4 is 0 Å². The van der Waals surface area contributed by atoms with Gasteiger partial charge in [-0.2, -0.15) is 0 Å². The minimum atomic E-state index is -0.129. The van der Waals surface area contributed by atoms with Gasteiger partial charge in [-0.3, -0.25) is 0 Å². The van der Waals surface area contributed by atoms with E-state index in [0.717, 1.165) is 32.1 Å². The lowest BCUT2D eigenvalue weighted by Crippen LogP contribution is -2.44. The molecule has 1 aromatic rings. The van der Waals surface area contributed by atoms with Crippen LogP contribution < -0.4 is 0 Å². The van der Waals surface area contributed by atoms with Gasteiger partial charge in [-0.15, -0.1) is 0 Å². The largest absolute Gasteiger partial charge is 0.508 e. The highest BCUT2D eigenvalue weighted by molar-refractivity contribution is 5.42. The lowest BCUT2D eigenvalue weighted by atomic mass is 9.54. The van der Waals surface area contributed by atoms with Crippen LogP contribution in [0.3, 0.4) is 0 Å². The Kier molecular flexibility index (Phi) is 3.69. The second-order valence-corrected chi connectivity index (χ2v) is 8.22. The Labute approximate surface area is 138 Å². The molecule has 4 rings (SSSR count). The molecule has 23 heavy (non-hydrogen) atoms. The molecule has 2 N–H and O–H groups in total. The Morgan fingerprint density at radius 3 is 2.83 bits per heavy atom. The van der Waals surface area contributed by atoms with Crippen molar-refractivity contribution < 1.29 is 14.9 Å². The molecule has 0 heterocycles. The molecular weight excluding hydrogens is 288 g/mol. The number of aliphatic hydroxyl groups excluding tert-OH is 1. The van der Waals surface area contributed by atoms with Gasteiger partial charge in [0.15, 0.2) is 0 Å². The van der Waals surface area contributed by atoms with Crippen molar-refractivity contribution in [3.63, 3.8) is 0 Å². The molecule has 2 saturated carbocycles. The lowest BCUT2D eigenvalue weighted by Gasteiger charge is -2.51. The fraction of sp³-hybridized carbons (Fsp3) is 0.700. The second-order valence-electron chi connectivity index (χ2n) is 8.22. The monoisotopic (exact) mass is 316 g/mol. The lowest BCUT2D eigenvalue weighted by molar-refractivity contribution is -0.0273. The molecule has 0 bridgehead atoms. The molecule has 0 aliphatic heterocycles. The van der Waals surface area contributed by atoms with Gasteiger partial charge in [0.25, 0.3) is 0 Å². The van der Waals surface area contributed by atoms with Crippen LogP contribution in [0.1, 0.15) is 62.0 Å². The average Bonchev–Trinajstić information content (AvgIpc) is 2.83. The molecule has 3 heteroatoms. The molecule has 3 aliphatic carbocycles. The van der Waals surface area contributed by atoms with Crippen LogP contribution in [0.4, 0.5) is 0 Å². The van der Waals surface area contributed by atoms with Gasteiger partial charge in [0.2, 0.25) is 0 Å². The van der Waals surface area contributed by atoms with E-state index < -0.39 is 0 Å². The van der Waals surface area contributed by atoms with Gasteiger partial charge in [0, 0.05) is 13.0 Å². The molecule has 3 nitrogen and oxygen atoms in total. The number of phenols is 1. The van der Waals surface area contributed by atoms with Gasteiger partial charge in [-0.05, 0) is 78.5 Å². The minimum Gasteiger partial charge on any atom is -0.508 e. The zero-order valence-corrected chi connectivity index (χ0v) is 14.2. The SMILES string of the molecule is COCC1C[C@@H]2[C@H](CC[C@]3(C)C(O)CC[C@@H]23)c2ccc(O)cc21. The van der Waals surface area contributed by atoms with Crippen LogP contribution >= 0.6 is 0 Å². The van der Waals surface area contributed by atoms with Crippen molar-refractivity contribution in [3.05, 3.63) is 29.3 Å². The van der Waals surface area contributed by atoms with Crippen LogP contribution in [0.2, 0.25) is 0 Å². The zero-order valence-electron chi connectivity index (χ0n) is 14.2. The van der Waals surface area contributed by atoms with Gasteiger partial charge < -0.3 is 14.9 Å². The van der Waals surface area contributed by atoms with Gasteiger partial charge in [-0.25, -0.2) is 0 Å². The number of aromatic hydroxyl groups is 1. The van der Waals surface area contributed by atoms with E-state index in [9.17, 15) is 10.2 Å². The van der Waals surface area contributed by atoms with Gasteiger partial charge in [-0.1, -0.05) is 13.0 Å². The Balaban J connectivity index is 1.74. The number of hydrogen-bond donors (Lipinski definition) is 2. The molecule has 0 aromatic heterocycles. The Morgan fingerprint density at radius 1 is 1.22 bits per heavy atom. The van der Waals surface area contributed by atoms with E-state index in [1.807, 2.05) is 12.1 Å². The van der Waals surface area contributed by atoms with E-state index in [-0.39, 0.29) is 11.5 Å². The van der Waals surface area contributed by atoms with Crippen LogP contribution in [0.25, 0.3) is 0 Å². The number of ether oxygens (including phenoxy) is 1. The molecule has 3 aliphatic rings. The fourth-order valence-corrected chi connectivity index (χ4v) is 6.04. The fourth-order valence-electron chi connectivity index (χ4n) is 6.04. The Bertz CT molecular complexity index is 599. The van der Waals surface area contributed by atoms with Crippen LogP contribution in [-0.2, 0) is 4.74 Å². The highest BCUT2D eigenvalue weighted by Gasteiger charge is 2.55. The van der Waals surface area contributed by atoms with E-state index >= 15 is 0 Å². The number of rotatable bonds is 2. The first kappa shape index (κ1) is 15.5. The highest BCUT2D eigenvalue weighted by Crippen LogP contribution is 2.62. The molecule has 2 unspecified atom stereocenters. The smallest absolute Gasteiger partial charge is 0.115 e. The summed E-state index contributed by atoms with van der Waals surface area (Å²) in [5, 5.41) is 20.4. The van der Waals surface area contributed by atoms with Gasteiger partial charge in [0.05, 0.1) is 12.7 Å². The first-order chi connectivity index (χ1) is 11.0. The van der Waals surface area contributed by atoms with Crippen LogP contribution in [0, 0.1) is 17.3 Å². The van der Waals surface area contributed by atoms with Gasteiger partial charge >= 0.3 is 0 Å². The van der Waals surface area contributed by atoms with Crippen molar-refractivity contribution in [2.45, 2.75) is 57.0 Å². The molecule has 1 aromatic carbocycles. The maximum Gasteiger partial charge on any atom is 0.115 e. The maximum absolute atomic E-state index is 10.5.